The largest absolute Gasteiger partial charge is 0.516 e. The number of hydrogen-bond acceptors (Lipinski definition) is 3. The zero-order valence-corrected chi connectivity index (χ0v) is 16.2. The number of anilines is 1. The highest BCUT2D eigenvalue weighted by molar-refractivity contribution is 9.10. The highest BCUT2D eigenvalue weighted by atomic mass is 79.9. The molecule has 27 heavy (non-hydrogen) atoms. The van der Waals surface area contributed by atoms with E-state index in [0.29, 0.717) is 23.0 Å². The molecule has 5 nitrogen and oxygen atoms in total. The Morgan fingerprint density at radius 2 is 1.85 bits per heavy atom. The molecule has 0 spiro atoms. The molecule has 0 aromatic heterocycles. The summed E-state index contributed by atoms with van der Waals surface area (Å²) in [7, 11) is -5.56. The molecule has 1 heterocycles. The summed E-state index contributed by atoms with van der Waals surface area (Å²) in [6, 6.07) is 11.3. The minimum atomic E-state index is -5.56. The molecule has 0 fully saturated rings. The van der Waals surface area contributed by atoms with Crippen LogP contribution in [0, 0.1) is 0 Å². The van der Waals surface area contributed by atoms with Gasteiger partial charge < -0.3 is 4.90 Å². The Morgan fingerprint density at radius 3 is 2.56 bits per heavy atom. The Labute approximate surface area is 162 Å². The standard InChI is InChI=1S/C17H14BrF3N2O3S/c18-13-5-6-15(22-27(25,26)17(19,20)21)12(9-13)10-23-8-7-11-3-1-2-4-14(11)16(23)24/h1-6,9,22H,7-8,10H2. The van der Waals surface area contributed by atoms with Crippen molar-refractivity contribution in [3.05, 3.63) is 63.6 Å². The van der Waals surface area contributed by atoms with Crippen LogP contribution in [0.5, 0.6) is 0 Å². The molecule has 0 saturated heterocycles. The van der Waals surface area contributed by atoms with Crippen LogP contribution < -0.4 is 4.72 Å². The van der Waals surface area contributed by atoms with Gasteiger partial charge in [-0.05, 0) is 41.8 Å². The van der Waals surface area contributed by atoms with Crippen LogP contribution in [0.1, 0.15) is 21.5 Å². The van der Waals surface area contributed by atoms with Crippen LogP contribution in [0.3, 0.4) is 0 Å². The summed E-state index contributed by atoms with van der Waals surface area (Å²) in [5, 5.41) is 0. The minimum Gasteiger partial charge on any atom is -0.334 e. The van der Waals surface area contributed by atoms with E-state index < -0.39 is 15.5 Å². The normalized spacial score (nSPS) is 14.8. The van der Waals surface area contributed by atoms with Gasteiger partial charge in [-0.15, -0.1) is 0 Å². The molecule has 1 aliphatic heterocycles. The van der Waals surface area contributed by atoms with E-state index in [-0.39, 0.29) is 23.7 Å². The van der Waals surface area contributed by atoms with Gasteiger partial charge >= 0.3 is 15.5 Å². The van der Waals surface area contributed by atoms with Crippen molar-refractivity contribution < 1.29 is 26.4 Å². The van der Waals surface area contributed by atoms with Gasteiger partial charge in [0, 0.05) is 23.1 Å². The molecular formula is C17H14BrF3N2O3S. The fourth-order valence-corrected chi connectivity index (χ4v) is 3.84. The van der Waals surface area contributed by atoms with Crippen LogP contribution in [0.2, 0.25) is 0 Å². The van der Waals surface area contributed by atoms with Crippen molar-refractivity contribution in [1.82, 2.24) is 4.90 Å². The number of carbonyl (C=O) groups is 1. The molecule has 0 atom stereocenters. The molecule has 1 N–H and O–H groups in total. The molecule has 2 aromatic carbocycles. The second-order valence-corrected chi connectivity index (χ2v) is 8.58. The number of amides is 1. The number of fused-ring (bicyclic) bond motifs is 1. The van der Waals surface area contributed by atoms with Gasteiger partial charge in [-0.1, -0.05) is 34.1 Å². The van der Waals surface area contributed by atoms with Crippen LogP contribution in [0.15, 0.2) is 46.9 Å². The minimum absolute atomic E-state index is 0.0255. The number of benzene rings is 2. The molecule has 0 bridgehead atoms. The first kappa shape index (κ1) is 19.7. The number of nitrogens with one attached hydrogen (secondary N) is 1. The van der Waals surface area contributed by atoms with Gasteiger partial charge in [-0.3, -0.25) is 9.52 Å². The van der Waals surface area contributed by atoms with E-state index in [4.69, 9.17) is 0 Å². The number of halogens is 4. The first-order chi connectivity index (χ1) is 12.6. The van der Waals surface area contributed by atoms with Gasteiger partial charge in [0.15, 0.2) is 0 Å². The second-order valence-electron chi connectivity index (χ2n) is 5.99. The summed E-state index contributed by atoms with van der Waals surface area (Å²) in [6.07, 6.45) is 0.611. The lowest BCUT2D eigenvalue weighted by Crippen LogP contribution is -2.37. The number of rotatable bonds is 4. The van der Waals surface area contributed by atoms with Gasteiger partial charge in [-0.2, -0.15) is 21.6 Å². The molecule has 3 rings (SSSR count). The first-order valence-electron chi connectivity index (χ1n) is 7.83. The Bertz CT molecular complexity index is 993. The second kappa shape index (κ2) is 7.16. The first-order valence-corrected chi connectivity index (χ1v) is 10.1. The zero-order chi connectivity index (χ0) is 19.8. The van der Waals surface area contributed by atoms with E-state index in [1.54, 1.807) is 16.9 Å². The third-order valence-corrected chi connectivity index (χ3v) is 5.75. The average Bonchev–Trinajstić information content (AvgIpc) is 2.59. The van der Waals surface area contributed by atoms with Crippen molar-refractivity contribution in [2.75, 3.05) is 11.3 Å². The topological polar surface area (TPSA) is 66.5 Å². The van der Waals surface area contributed by atoms with Gasteiger partial charge in [0.25, 0.3) is 5.91 Å². The van der Waals surface area contributed by atoms with Crippen LogP contribution in [-0.2, 0) is 23.0 Å². The SMILES string of the molecule is O=C1c2ccccc2CCN1Cc1cc(Br)ccc1NS(=O)(=O)C(F)(F)F. The maximum Gasteiger partial charge on any atom is 0.516 e. The number of nitrogens with zero attached hydrogens (tertiary/aromatic N) is 1. The van der Waals surface area contributed by atoms with Crippen molar-refractivity contribution >= 4 is 37.5 Å². The van der Waals surface area contributed by atoms with Crippen molar-refractivity contribution in [3.63, 3.8) is 0 Å². The van der Waals surface area contributed by atoms with Gasteiger partial charge in [-0.25, -0.2) is 0 Å². The van der Waals surface area contributed by atoms with Crippen molar-refractivity contribution in [2.24, 2.45) is 0 Å². The van der Waals surface area contributed by atoms with E-state index in [0.717, 1.165) is 5.56 Å². The maximum atomic E-state index is 12.7. The molecule has 0 aliphatic carbocycles. The Balaban J connectivity index is 1.90. The molecule has 1 aliphatic rings. The lowest BCUT2D eigenvalue weighted by Gasteiger charge is -2.29. The summed E-state index contributed by atoms with van der Waals surface area (Å²) in [5.74, 6) is -0.249. The van der Waals surface area contributed by atoms with E-state index >= 15 is 0 Å². The average molecular weight is 463 g/mol. The quantitative estimate of drug-likeness (QED) is 0.748. The monoisotopic (exact) mass is 462 g/mol. The number of hydrogen-bond donors (Lipinski definition) is 1. The van der Waals surface area contributed by atoms with Gasteiger partial charge in [0.2, 0.25) is 0 Å². The lowest BCUT2D eigenvalue weighted by molar-refractivity contribution is -0.0429. The summed E-state index contributed by atoms with van der Waals surface area (Å²) < 4.78 is 63.1. The predicted octanol–water partition coefficient (Wildman–Crippen LogP) is 3.91. The molecule has 0 unspecified atom stereocenters. The lowest BCUT2D eigenvalue weighted by atomic mass is 9.98. The predicted molar refractivity (Wildman–Crippen MR) is 97.6 cm³/mol. The summed E-state index contributed by atoms with van der Waals surface area (Å²) >= 11 is 3.22. The van der Waals surface area contributed by atoms with Crippen LogP contribution in [0.25, 0.3) is 0 Å². The zero-order valence-electron chi connectivity index (χ0n) is 13.8. The van der Waals surface area contributed by atoms with E-state index in [1.807, 2.05) is 12.1 Å². The van der Waals surface area contributed by atoms with Gasteiger partial charge in [0.1, 0.15) is 0 Å². The van der Waals surface area contributed by atoms with Crippen molar-refractivity contribution in [1.29, 1.82) is 0 Å². The molecule has 2 aromatic rings. The van der Waals surface area contributed by atoms with E-state index in [2.05, 4.69) is 15.9 Å². The molecule has 144 valence electrons. The number of alkyl halides is 3. The third-order valence-electron chi connectivity index (χ3n) is 4.16. The van der Waals surface area contributed by atoms with Crippen molar-refractivity contribution in [3.8, 4) is 0 Å². The highest BCUT2D eigenvalue weighted by Gasteiger charge is 2.46. The van der Waals surface area contributed by atoms with Gasteiger partial charge in [0.05, 0.1) is 5.69 Å². The van der Waals surface area contributed by atoms with Crippen molar-refractivity contribution in [2.45, 2.75) is 18.5 Å². The Kier molecular flexibility index (Phi) is 5.22. The van der Waals surface area contributed by atoms with E-state index in [1.165, 1.54) is 23.1 Å². The number of sulfonamides is 1. The smallest absolute Gasteiger partial charge is 0.334 e. The molecule has 0 radical (unpaired) electrons. The van der Waals surface area contributed by atoms with E-state index in [9.17, 15) is 26.4 Å². The molecule has 10 heteroatoms. The third kappa shape index (κ3) is 4.11. The van der Waals surface area contributed by atoms with Crippen LogP contribution in [-0.4, -0.2) is 31.3 Å². The molecule has 1 amide bonds. The van der Waals surface area contributed by atoms with Crippen LogP contribution in [0.4, 0.5) is 18.9 Å². The van der Waals surface area contributed by atoms with Crippen LogP contribution >= 0.6 is 15.9 Å². The maximum absolute atomic E-state index is 12.7. The fourth-order valence-electron chi connectivity index (χ4n) is 2.83. The molecular weight excluding hydrogens is 449 g/mol. The summed E-state index contributed by atoms with van der Waals surface area (Å²) in [5.41, 5.74) is -3.95. The number of carbonyl (C=O) groups excluding carboxylic acids is 1. The highest BCUT2D eigenvalue weighted by Crippen LogP contribution is 2.30. The molecule has 0 saturated carbocycles. The summed E-state index contributed by atoms with van der Waals surface area (Å²) in [4.78, 5) is 14.1. The fraction of sp³-hybridized carbons (Fsp3) is 0.235. The Hall–Kier alpha value is -2.07. The Morgan fingerprint density at radius 1 is 1.15 bits per heavy atom. The summed E-state index contributed by atoms with van der Waals surface area (Å²) in [6.45, 7) is 0.357.